The normalized spacial score (nSPS) is 37.0. The highest BCUT2D eigenvalue weighted by atomic mass is 16.7. The molecule has 3 fully saturated rings. The lowest BCUT2D eigenvalue weighted by Gasteiger charge is -2.48. The van der Waals surface area contributed by atoms with Crippen molar-refractivity contribution in [2.75, 3.05) is 34.9 Å². The van der Waals surface area contributed by atoms with Gasteiger partial charge >= 0.3 is 12.1 Å². The van der Waals surface area contributed by atoms with Gasteiger partial charge in [0.15, 0.2) is 12.4 Å². The zero-order chi connectivity index (χ0) is 44.1. The molecule has 60 heavy (non-hydrogen) atoms. The van der Waals surface area contributed by atoms with E-state index in [0.29, 0.717) is 37.9 Å². The molecule has 0 saturated carbocycles. The van der Waals surface area contributed by atoms with Gasteiger partial charge in [-0.2, -0.15) is 0 Å². The Hall–Kier alpha value is -3.71. The number of aliphatic hydroxyl groups is 2. The molecule has 15 atom stereocenters. The van der Waals surface area contributed by atoms with Crippen LogP contribution in [0, 0.1) is 23.7 Å². The average Bonchev–Trinajstić information content (AvgIpc) is 3.85. The highest BCUT2D eigenvalue weighted by Crippen LogP contribution is 2.40. The van der Waals surface area contributed by atoms with Crippen LogP contribution in [0.1, 0.15) is 87.1 Å². The van der Waals surface area contributed by atoms with Crippen LogP contribution in [0.15, 0.2) is 42.2 Å². The van der Waals surface area contributed by atoms with Gasteiger partial charge in [0.05, 0.1) is 47.6 Å². The monoisotopic (exact) mass is 844 g/mol. The quantitative estimate of drug-likeness (QED) is 0.201. The minimum Gasteiger partial charge on any atom is -0.458 e. The third-order valence-corrected chi connectivity index (χ3v) is 12.9. The number of imidazole rings is 1. The predicted octanol–water partition coefficient (Wildman–Crippen LogP) is 4.44. The lowest BCUT2D eigenvalue weighted by atomic mass is 9.74. The van der Waals surface area contributed by atoms with Crippen molar-refractivity contribution in [3.63, 3.8) is 0 Å². The van der Waals surface area contributed by atoms with Crippen LogP contribution in [0.4, 0.5) is 4.79 Å². The van der Waals surface area contributed by atoms with Gasteiger partial charge in [-0.1, -0.05) is 32.9 Å². The number of fused-ring (bicyclic) bond motifs is 1. The summed E-state index contributed by atoms with van der Waals surface area (Å²) in [6, 6.07) is 2.92. The van der Waals surface area contributed by atoms with Crippen LogP contribution in [0.5, 0.6) is 0 Å². The molecule has 0 aliphatic carbocycles. The van der Waals surface area contributed by atoms with Crippen LogP contribution in [0.3, 0.4) is 0 Å². The van der Waals surface area contributed by atoms with Crippen molar-refractivity contribution in [3.8, 4) is 11.3 Å². The number of aromatic nitrogens is 3. The van der Waals surface area contributed by atoms with E-state index in [-0.39, 0.29) is 24.1 Å². The van der Waals surface area contributed by atoms with Gasteiger partial charge in [0.25, 0.3) is 0 Å². The molecule has 5 heterocycles. The number of carbonyl (C=O) groups excluding carboxylic acids is 2. The number of rotatable bonds is 12. The van der Waals surface area contributed by atoms with Gasteiger partial charge in [-0.05, 0) is 79.6 Å². The fraction of sp³-hybridized carbons (Fsp3) is 0.744. The molecule has 0 unspecified atom stereocenters. The van der Waals surface area contributed by atoms with Gasteiger partial charge < -0.3 is 48.2 Å². The topological polar surface area (TPSA) is 192 Å². The number of cyclic esters (lactones) is 1. The smallest absolute Gasteiger partial charge is 0.425 e. The second kappa shape index (κ2) is 20.4. The molecule has 17 heteroatoms. The Kier molecular flexibility index (Phi) is 16.1. The fourth-order valence-electron chi connectivity index (χ4n) is 9.24. The average molecular weight is 844 g/mol. The molecule has 0 bridgehead atoms. The molecule has 2 aromatic rings. The first-order valence-corrected chi connectivity index (χ1v) is 21.3. The van der Waals surface area contributed by atoms with Gasteiger partial charge in [0, 0.05) is 67.6 Å². The SMILES string of the molecule is CC[C@@H]1OC(=O)[C@H](C)[C@@H](O)[C@H](C)[C@@H](O[C@H]2O[C@H](C)C[C@H](N(C)C)[C@H]2O)[C@@](C)(OC)C[C@@H](C)/C(=N\OC)[C@@H](C)[C@@H]2[C@@H]1OC(=O)N2NCC[C@H](C)n1cnc(-c2cccnc2)c1. The van der Waals surface area contributed by atoms with Gasteiger partial charge in [0.2, 0.25) is 0 Å². The summed E-state index contributed by atoms with van der Waals surface area (Å²) in [4.78, 5) is 44.1. The van der Waals surface area contributed by atoms with Gasteiger partial charge in [-0.15, -0.1) is 0 Å². The molecule has 17 nitrogen and oxygen atoms in total. The van der Waals surface area contributed by atoms with E-state index in [1.165, 1.54) is 12.1 Å². The number of ether oxygens (including phenoxy) is 5. The van der Waals surface area contributed by atoms with Crippen molar-refractivity contribution >= 4 is 17.8 Å². The number of carbonyl (C=O) groups is 2. The minimum atomic E-state index is -1.26. The van der Waals surface area contributed by atoms with Crippen LogP contribution < -0.4 is 5.43 Å². The molecule has 5 rings (SSSR count). The lowest BCUT2D eigenvalue weighted by molar-refractivity contribution is -0.301. The number of amides is 1. The van der Waals surface area contributed by atoms with Crippen molar-refractivity contribution in [2.24, 2.45) is 28.8 Å². The lowest BCUT2D eigenvalue weighted by Crippen LogP contribution is -2.60. The number of hydrogen-bond acceptors (Lipinski definition) is 15. The highest BCUT2D eigenvalue weighted by molar-refractivity contribution is 5.89. The number of pyridine rings is 1. The van der Waals surface area contributed by atoms with E-state index < -0.39 is 78.3 Å². The van der Waals surface area contributed by atoms with Crippen molar-refractivity contribution in [2.45, 2.75) is 148 Å². The summed E-state index contributed by atoms with van der Waals surface area (Å²) in [5.41, 5.74) is 4.55. The van der Waals surface area contributed by atoms with Crippen LogP contribution in [-0.2, 0) is 33.3 Å². The highest BCUT2D eigenvalue weighted by Gasteiger charge is 2.54. The molecule has 0 aromatic carbocycles. The van der Waals surface area contributed by atoms with Crippen molar-refractivity contribution in [3.05, 3.63) is 37.1 Å². The van der Waals surface area contributed by atoms with Crippen LogP contribution in [-0.4, -0.2) is 148 Å². The Bertz CT molecular complexity index is 1730. The molecule has 3 saturated heterocycles. The number of hydrogen-bond donors (Lipinski definition) is 3. The largest absolute Gasteiger partial charge is 0.458 e. The number of aliphatic hydroxyl groups excluding tert-OH is 2. The second-order valence-corrected chi connectivity index (χ2v) is 17.5. The molecular formula is C43H69N7O10. The number of methoxy groups -OCH3 is 1. The van der Waals surface area contributed by atoms with Crippen molar-refractivity contribution in [1.82, 2.24) is 29.9 Å². The number of nitrogens with zero attached hydrogens (tertiary/aromatic N) is 6. The van der Waals surface area contributed by atoms with E-state index >= 15 is 0 Å². The predicted molar refractivity (Wildman–Crippen MR) is 223 cm³/mol. The zero-order valence-corrected chi connectivity index (χ0v) is 37.4. The summed E-state index contributed by atoms with van der Waals surface area (Å²) in [5, 5.41) is 29.6. The first kappa shape index (κ1) is 47.3. The van der Waals surface area contributed by atoms with Crippen LogP contribution >= 0.6 is 0 Å². The van der Waals surface area contributed by atoms with E-state index in [1.54, 1.807) is 39.7 Å². The third kappa shape index (κ3) is 10.3. The molecule has 3 N–H and O–H groups in total. The third-order valence-electron chi connectivity index (χ3n) is 12.9. The van der Waals surface area contributed by atoms with Crippen molar-refractivity contribution < 1.29 is 48.3 Å². The number of hydrazine groups is 1. The summed E-state index contributed by atoms with van der Waals surface area (Å²) in [7, 11) is 6.85. The first-order valence-electron chi connectivity index (χ1n) is 21.3. The Morgan fingerprint density at radius 2 is 1.83 bits per heavy atom. The Morgan fingerprint density at radius 1 is 1.10 bits per heavy atom. The number of oxime groups is 1. The first-order chi connectivity index (χ1) is 28.5. The van der Waals surface area contributed by atoms with E-state index in [1.807, 2.05) is 76.5 Å². The van der Waals surface area contributed by atoms with Crippen molar-refractivity contribution in [1.29, 1.82) is 0 Å². The molecule has 0 spiro atoms. The second-order valence-electron chi connectivity index (χ2n) is 17.5. The van der Waals surface area contributed by atoms with Crippen LogP contribution in [0.2, 0.25) is 0 Å². The molecule has 3 aliphatic heterocycles. The number of likely N-dealkylation sites (N-methyl/N-ethyl adjacent to an activating group) is 1. The molecule has 336 valence electrons. The summed E-state index contributed by atoms with van der Waals surface area (Å²) in [6.07, 6.45) is 2.35. The zero-order valence-electron chi connectivity index (χ0n) is 37.4. The molecule has 3 aliphatic rings. The van der Waals surface area contributed by atoms with Gasteiger partial charge in [-0.3, -0.25) is 9.78 Å². The van der Waals surface area contributed by atoms with E-state index in [4.69, 9.17) is 28.5 Å². The Balaban J connectivity index is 1.46. The van der Waals surface area contributed by atoms with Gasteiger partial charge in [-0.25, -0.2) is 20.2 Å². The maximum Gasteiger partial charge on any atom is 0.425 e. The summed E-state index contributed by atoms with van der Waals surface area (Å²) >= 11 is 0. The van der Waals surface area contributed by atoms with E-state index in [2.05, 4.69) is 27.5 Å². The maximum atomic E-state index is 14.0. The molecule has 2 aromatic heterocycles. The molecular weight excluding hydrogens is 775 g/mol. The Morgan fingerprint density at radius 3 is 2.47 bits per heavy atom. The van der Waals surface area contributed by atoms with Gasteiger partial charge in [0.1, 0.15) is 25.4 Å². The molecule has 1 amide bonds. The standard InChI is InChI=1S/C43H69N7O10/c1-13-33-38-35(50(42(54)59-38)46-18-16-25(3)49-22-31(45-23-49)30-15-14-17-44-21-30)27(5)34(47-56-12)24(2)20-43(8,55-11)39(28(6)36(51)29(7)40(53)58-33)60-41-37(52)32(48(9)10)19-26(4)57-41/h14-15,17,21-29,32-33,35-39,41,46,51-52H,13,16,18-20H2,1-12H3/b47-34+/t24-,25+,26-,27-,28+,29-,32+,33+,35-,36+,37-,38-,39-,41-,43+/m1/s1. The molecule has 0 radical (unpaired) electrons. The maximum absolute atomic E-state index is 14.0. The summed E-state index contributed by atoms with van der Waals surface area (Å²) < 4.78 is 33.6. The fourth-order valence-corrected chi connectivity index (χ4v) is 9.24. The number of esters is 1. The van der Waals surface area contributed by atoms with Crippen LogP contribution in [0.25, 0.3) is 11.3 Å². The van der Waals surface area contributed by atoms with E-state index in [9.17, 15) is 19.8 Å². The summed E-state index contributed by atoms with van der Waals surface area (Å²) in [6.45, 7) is 15.5. The minimum absolute atomic E-state index is 0.0236. The Labute approximate surface area is 355 Å². The number of nitrogens with one attached hydrogen (secondary N) is 1. The summed E-state index contributed by atoms with van der Waals surface area (Å²) in [5.74, 6) is -3.22. The van der Waals surface area contributed by atoms with E-state index in [0.717, 1.165) is 11.3 Å².